The monoisotopic (exact) mass is 632 g/mol. The van der Waals surface area contributed by atoms with Gasteiger partial charge in [-0.15, -0.1) is 0 Å². The van der Waals surface area contributed by atoms with Crippen LogP contribution in [0, 0.1) is 11.2 Å². The molecule has 0 radical (unpaired) electrons. The van der Waals surface area contributed by atoms with Crippen molar-refractivity contribution < 1.29 is 23.5 Å². The maximum Gasteiger partial charge on any atom is 0.327 e. The number of nitrogens with zero attached hydrogens (tertiary/aromatic N) is 4. The van der Waals surface area contributed by atoms with Crippen LogP contribution in [0.25, 0.3) is 0 Å². The molecule has 0 aliphatic rings. The lowest BCUT2D eigenvalue weighted by Gasteiger charge is -2.26. The number of anilines is 4. The van der Waals surface area contributed by atoms with Crippen LogP contribution in [0.3, 0.4) is 0 Å². The topological polar surface area (TPSA) is 135 Å². The Morgan fingerprint density at radius 1 is 1.05 bits per heavy atom. The van der Waals surface area contributed by atoms with E-state index in [1.54, 1.807) is 6.07 Å². The van der Waals surface area contributed by atoms with Gasteiger partial charge in [0.1, 0.15) is 28.1 Å². The first-order chi connectivity index (χ1) is 20.9. The molecule has 0 heterocycles. The summed E-state index contributed by atoms with van der Waals surface area (Å²) in [5.41, 5.74) is 1.55. The van der Waals surface area contributed by atoms with Gasteiger partial charge in [-0.2, -0.15) is 0 Å². The molecule has 0 aliphatic carbocycles. The molecule has 0 fully saturated rings. The third-order valence-corrected chi connectivity index (χ3v) is 7.31. The summed E-state index contributed by atoms with van der Waals surface area (Å²) in [7, 11) is 7.48. The molecule has 12 nitrogen and oxygen atoms in total. The fourth-order valence-electron chi connectivity index (χ4n) is 4.05. The van der Waals surface area contributed by atoms with Crippen molar-refractivity contribution in [1.29, 1.82) is 5.41 Å². The van der Waals surface area contributed by atoms with Crippen LogP contribution >= 0.6 is 11.6 Å². The zero-order chi connectivity index (χ0) is 33.0. The average Bonchev–Trinajstić information content (AvgIpc) is 3.03. The first-order valence-electron chi connectivity index (χ1n) is 13.9. The quantitative estimate of drug-likeness (QED) is 0.125. The van der Waals surface area contributed by atoms with Crippen molar-refractivity contribution in [2.75, 3.05) is 82.4 Å². The van der Waals surface area contributed by atoms with E-state index in [4.69, 9.17) is 26.5 Å². The van der Waals surface area contributed by atoms with Crippen molar-refractivity contribution in [2.24, 2.45) is 4.99 Å². The zero-order valence-electron chi connectivity index (χ0n) is 26.3. The van der Waals surface area contributed by atoms with Crippen LogP contribution in [0.4, 0.5) is 31.9 Å². The fraction of sp³-hybridized carbons (Fsp3) is 0.400. The van der Waals surface area contributed by atoms with Crippen molar-refractivity contribution in [3.05, 3.63) is 47.8 Å². The number of halogens is 2. The first-order valence-corrected chi connectivity index (χ1v) is 14.3. The van der Waals surface area contributed by atoms with Crippen LogP contribution in [0.15, 0.2) is 41.9 Å². The number of amides is 3. The molecule has 14 heteroatoms. The highest BCUT2D eigenvalue weighted by molar-refractivity contribution is 6.35. The van der Waals surface area contributed by atoms with Gasteiger partial charge >= 0.3 is 6.03 Å². The number of rotatable bonds is 14. The molecular weight excluding hydrogens is 591 g/mol. The predicted molar refractivity (Wildman–Crippen MR) is 177 cm³/mol. The average molecular weight is 633 g/mol. The second-order valence-corrected chi connectivity index (χ2v) is 9.94. The van der Waals surface area contributed by atoms with E-state index in [9.17, 15) is 14.0 Å². The van der Waals surface area contributed by atoms with Crippen molar-refractivity contribution in [3.8, 4) is 11.5 Å². The summed E-state index contributed by atoms with van der Waals surface area (Å²) < 4.78 is 25.1. The number of carbonyl (C=O) groups is 2. The molecule has 2 rings (SSSR count). The van der Waals surface area contributed by atoms with E-state index in [1.807, 2.05) is 19.2 Å². The Bertz CT molecular complexity index is 1360. The number of aliphatic imine (C=N–C) groups is 1. The number of amidine groups is 2. The molecule has 0 aliphatic heterocycles. The molecule has 0 spiro atoms. The molecule has 0 unspecified atom stereocenters. The van der Waals surface area contributed by atoms with E-state index in [1.165, 1.54) is 40.5 Å². The van der Waals surface area contributed by atoms with E-state index in [2.05, 4.69) is 51.2 Å². The molecule has 2 aromatic rings. The minimum atomic E-state index is -0.889. The second kappa shape index (κ2) is 17.1. The molecular formula is C30H42ClFN8O4. The number of likely N-dealkylation sites (N-methyl/N-ethyl adjacent to an activating group) is 2. The van der Waals surface area contributed by atoms with Crippen LogP contribution in [0.2, 0.25) is 5.02 Å². The van der Waals surface area contributed by atoms with Crippen molar-refractivity contribution >= 4 is 58.0 Å². The Labute approximate surface area is 263 Å². The van der Waals surface area contributed by atoms with Gasteiger partial charge in [0.15, 0.2) is 11.6 Å². The number of urea groups is 1. The maximum absolute atomic E-state index is 14.9. The summed E-state index contributed by atoms with van der Waals surface area (Å²) in [6, 6.07) is 5.99. The Kier molecular flexibility index (Phi) is 13.9. The standard InChI is InChI=1S/C30H42ClFN8O4/c1-9-26(41)36-21-16-19(38(5)14-15-40(10-2)11-3)12-13-20(21)35-25(34-4)18-24(33)39(6)30(42)37-29-27(31)22(43-7)17-23(44-8)28(29)32/h9,12-13,16-17,33H,1,10-11,14-15,18H2,2-8H3,(H,34,35)(H,36,41)(H,37,42). The number of hydrogen-bond acceptors (Lipinski definition) is 8. The summed E-state index contributed by atoms with van der Waals surface area (Å²) in [5, 5.41) is 16.7. The lowest BCUT2D eigenvalue weighted by molar-refractivity contribution is -0.111. The Hall–Kier alpha value is -4.36. The summed E-state index contributed by atoms with van der Waals surface area (Å²) in [6.07, 6.45) is 1.07. The van der Waals surface area contributed by atoms with Gasteiger partial charge in [-0.05, 0) is 37.4 Å². The largest absolute Gasteiger partial charge is 0.495 e. The minimum Gasteiger partial charge on any atom is -0.495 e. The van der Waals surface area contributed by atoms with E-state index in [-0.39, 0.29) is 34.5 Å². The number of nitrogens with one attached hydrogen (secondary N) is 4. The Morgan fingerprint density at radius 2 is 1.70 bits per heavy atom. The van der Waals surface area contributed by atoms with Gasteiger partial charge in [0.25, 0.3) is 0 Å². The van der Waals surface area contributed by atoms with Crippen molar-refractivity contribution in [2.45, 2.75) is 20.3 Å². The number of carbonyl (C=O) groups excluding carboxylic acids is 2. The zero-order valence-corrected chi connectivity index (χ0v) is 27.1. The molecule has 0 aromatic heterocycles. The lowest BCUT2D eigenvalue weighted by atomic mass is 10.2. The molecule has 0 saturated carbocycles. The molecule has 44 heavy (non-hydrogen) atoms. The van der Waals surface area contributed by atoms with Crippen LogP contribution in [-0.4, -0.2) is 95.0 Å². The van der Waals surface area contributed by atoms with Crippen LogP contribution in [0.1, 0.15) is 20.3 Å². The van der Waals surface area contributed by atoms with Crippen molar-refractivity contribution in [3.63, 3.8) is 0 Å². The SMILES string of the molecule is C=CC(=O)Nc1cc(N(C)CCN(CC)CC)ccc1NC(CC(=N)N(C)C(=O)Nc1c(F)c(OC)cc(OC)c1Cl)=NC. The van der Waals surface area contributed by atoms with E-state index < -0.39 is 17.8 Å². The maximum atomic E-state index is 14.9. The minimum absolute atomic E-state index is 0.0988. The lowest BCUT2D eigenvalue weighted by Crippen LogP contribution is -2.38. The number of benzene rings is 2. The van der Waals surface area contributed by atoms with Crippen molar-refractivity contribution in [1.82, 2.24) is 9.80 Å². The predicted octanol–water partition coefficient (Wildman–Crippen LogP) is 5.37. The molecule has 3 amide bonds. The van der Waals surface area contributed by atoms with E-state index in [0.29, 0.717) is 17.2 Å². The van der Waals surface area contributed by atoms with E-state index >= 15 is 0 Å². The molecule has 2 aromatic carbocycles. The second-order valence-electron chi connectivity index (χ2n) is 9.56. The number of methoxy groups -OCH3 is 2. The van der Waals surface area contributed by atoms with Crippen LogP contribution in [0.5, 0.6) is 11.5 Å². The highest BCUT2D eigenvalue weighted by Gasteiger charge is 2.24. The number of ether oxygens (including phenoxy) is 2. The molecule has 4 N–H and O–H groups in total. The normalized spacial score (nSPS) is 11.1. The van der Waals surface area contributed by atoms with E-state index in [0.717, 1.165) is 36.8 Å². The van der Waals surface area contributed by atoms with Gasteiger partial charge in [0.2, 0.25) is 5.91 Å². The van der Waals surface area contributed by atoms with Gasteiger partial charge in [0, 0.05) is 46.0 Å². The van der Waals surface area contributed by atoms with Crippen LogP contribution < -0.4 is 30.3 Å². The highest BCUT2D eigenvalue weighted by Crippen LogP contribution is 2.40. The third-order valence-electron chi connectivity index (χ3n) is 6.93. The first kappa shape index (κ1) is 35.8. The molecule has 0 saturated heterocycles. The molecule has 0 bridgehead atoms. The summed E-state index contributed by atoms with van der Waals surface area (Å²) in [6.45, 7) is 11.4. The van der Waals surface area contributed by atoms with Gasteiger partial charge in [-0.25, -0.2) is 9.18 Å². The molecule has 0 atom stereocenters. The smallest absolute Gasteiger partial charge is 0.327 e. The van der Waals surface area contributed by atoms with Gasteiger partial charge < -0.3 is 35.2 Å². The summed E-state index contributed by atoms with van der Waals surface area (Å²) >= 11 is 6.23. The number of hydrogen-bond donors (Lipinski definition) is 4. The van der Waals surface area contributed by atoms with Crippen LogP contribution in [-0.2, 0) is 4.79 Å². The Balaban J connectivity index is 2.22. The van der Waals surface area contributed by atoms with Gasteiger partial charge in [0.05, 0.1) is 32.0 Å². The highest BCUT2D eigenvalue weighted by atomic mass is 35.5. The fourth-order valence-corrected chi connectivity index (χ4v) is 4.31. The van der Waals surface area contributed by atoms with Gasteiger partial charge in [-0.1, -0.05) is 32.0 Å². The summed E-state index contributed by atoms with van der Waals surface area (Å²) in [4.78, 5) is 34.8. The third kappa shape index (κ3) is 9.32. The Morgan fingerprint density at radius 3 is 2.27 bits per heavy atom. The van der Waals surface area contributed by atoms with Gasteiger partial charge in [-0.3, -0.25) is 20.1 Å². The summed E-state index contributed by atoms with van der Waals surface area (Å²) in [5.74, 6) is -1.19. The molecule has 240 valence electrons.